The molecule has 11 aromatic rings. The third-order valence-corrected chi connectivity index (χ3v) is 13.1. The summed E-state index contributed by atoms with van der Waals surface area (Å²) in [6.45, 7) is 0. The molecule has 1 atom stereocenters. The van der Waals surface area contributed by atoms with Crippen molar-refractivity contribution in [3.05, 3.63) is 192 Å². The zero-order valence-electron chi connectivity index (χ0n) is 28.4. The van der Waals surface area contributed by atoms with Crippen LogP contribution in [0.5, 0.6) is 11.5 Å². The first kappa shape index (κ1) is 28.0. The van der Waals surface area contributed by atoms with Gasteiger partial charge < -0.3 is 13.9 Å². The van der Waals surface area contributed by atoms with Crippen molar-refractivity contribution in [3.63, 3.8) is 0 Å². The number of rotatable bonds is 1. The van der Waals surface area contributed by atoms with Gasteiger partial charge in [0.15, 0.2) is 0 Å². The zero-order chi connectivity index (χ0) is 34.4. The average molecular weight is 693 g/mol. The van der Waals surface area contributed by atoms with Crippen LogP contribution in [-0.2, 0) is 5.41 Å². The molecule has 0 aliphatic carbocycles. The van der Waals surface area contributed by atoms with Gasteiger partial charge in [-0.25, -0.2) is 0 Å². The molecule has 3 nitrogen and oxygen atoms in total. The zero-order valence-corrected chi connectivity index (χ0v) is 29.2. The Morgan fingerprint density at radius 3 is 2.02 bits per heavy atom. The van der Waals surface area contributed by atoms with Gasteiger partial charge in [-0.1, -0.05) is 115 Å². The molecular weight excluding hydrogens is 665 g/mol. The van der Waals surface area contributed by atoms with Crippen LogP contribution in [-0.4, -0.2) is 9.13 Å². The number of ether oxygens (including phenoxy) is 1. The van der Waals surface area contributed by atoms with Crippen LogP contribution < -0.4 is 4.74 Å². The Hall–Kier alpha value is -6.62. The number of benzene rings is 8. The monoisotopic (exact) mass is 692 g/mol. The van der Waals surface area contributed by atoms with E-state index in [9.17, 15) is 0 Å². The molecule has 4 heteroatoms. The van der Waals surface area contributed by atoms with Crippen LogP contribution in [0.1, 0.15) is 22.3 Å². The van der Waals surface area contributed by atoms with Gasteiger partial charge in [0.2, 0.25) is 0 Å². The first-order chi connectivity index (χ1) is 26.3. The van der Waals surface area contributed by atoms with E-state index in [0.717, 1.165) is 33.6 Å². The third-order valence-electron chi connectivity index (χ3n) is 12.0. The van der Waals surface area contributed by atoms with E-state index in [0.29, 0.717) is 0 Å². The Morgan fingerprint density at radius 1 is 0.434 bits per heavy atom. The van der Waals surface area contributed by atoms with Gasteiger partial charge in [-0.05, 0) is 65.7 Å². The molecule has 0 N–H and O–H groups in total. The van der Waals surface area contributed by atoms with Crippen molar-refractivity contribution in [1.82, 2.24) is 9.13 Å². The maximum absolute atomic E-state index is 7.23. The lowest BCUT2D eigenvalue weighted by molar-refractivity contribution is 0.439. The highest BCUT2D eigenvalue weighted by atomic mass is 32.1. The summed E-state index contributed by atoms with van der Waals surface area (Å²) < 4.78 is 14.8. The molecule has 246 valence electrons. The minimum atomic E-state index is -0.615. The Kier molecular flexibility index (Phi) is 5.19. The Bertz CT molecular complexity index is 3400. The molecule has 53 heavy (non-hydrogen) atoms. The molecule has 3 aromatic heterocycles. The van der Waals surface area contributed by atoms with Gasteiger partial charge in [0, 0.05) is 53.1 Å². The Balaban J connectivity index is 1.19. The van der Waals surface area contributed by atoms with Crippen molar-refractivity contribution in [1.29, 1.82) is 0 Å². The number of nitrogens with zero attached hydrogens (tertiary/aromatic N) is 2. The Labute approximate surface area is 308 Å². The first-order valence-electron chi connectivity index (χ1n) is 18.2. The van der Waals surface area contributed by atoms with Crippen molar-refractivity contribution in [2.75, 3.05) is 0 Å². The number of aromatic nitrogens is 2. The Morgan fingerprint density at radius 2 is 1.11 bits per heavy atom. The van der Waals surface area contributed by atoms with Crippen LogP contribution in [0.2, 0.25) is 0 Å². The molecule has 13 rings (SSSR count). The summed E-state index contributed by atoms with van der Waals surface area (Å²) in [7, 11) is 0. The molecule has 1 spiro atoms. The van der Waals surface area contributed by atoms with Gasteiger partial charge in [0.25, 0.3) is 0 Å². The van der Waals surface area contributed by atoms with Crippen LogP contribution in [0.25, 0.3) is 75.2 Å². The second kappa shape index (κ2) is 9.82. The molecule has 5 heterocycles. The molecule has 0 saturated carbocycles. The fraction of sp³-hybridized carbons (Fsp3) is 0.0204. The SMILES string of the molecule is c1ccc2c(c1)Oc1c(ccc3c1c1ccccc1n3-c1ccc3sc4ccccc4c3c1)C21c2ccccc2-n2c3ccccc3c3cccc1c32. The van der Waals surface area contributed by atoms with Crippen LogP contribution in [0.4, 0.5) is 0 Å². The smallest absolute Gasteiger partial charge is 0.142 e. The topological polar surface area (TPSA) is 19.1 Å². The van der Waals surface area contributed by atoms with E-state index >= 15 is 0 Å². The molecule has 1 unspecified atom stereocenters. The van der Waals surface area contributed by atoms with Gasteiger partial charge in [0.1, 0.15) is 11.5 Å². The van der Waals surface area contributed by atoms with E-state index < -0.39 is 5.41 Å². The fourth-order valence-electron chi connectivity index (χ4n) is 9.96. The molecular formula is C49H28N2OS. The molecule has 2 aliphatic heterocycles. The summed E-state index contributed by atoms with van der Waals surface area (Å²) >= 11 is 1.86. The lowest BCUT2D eigenvalue weighted by Crippen LogP contribution is -2.37. The lowest BCUT2D eigenvalue weighted by atomic mass is 9.61. The van der Waals surface area contributed by atoms with E-state index in [1.807, 2.05) is 11.3 Å². The summed E-state index contributed by atoms with van der Waals surface area (Å²) in [6.07, 6.45) is 0. The van der Waals surface area contributed by atoms with Crippen LogP contribution in [0, 0.1) is 0 Å². The molecule has 0 amide bonds. The van der Waals surface area contributed by atoms with Crippen molar-refractivity contribution in [3.8, 4) is 22.9 Å². The molecule has 8 aromatic carbocycles. The minimum Gasteiger partial charge on any atom is -0.456 e. The number of thiophene rings is 1. The molecule has 0 radical (unpaired) electrons. The predicted molar refractivity (Wildman–Crippen MR) is 220 cm³/mol. The highest BCUT2D eigenvalue weighted by molar-refractivity contribution is 7.25. The molecule has 2 aliphatic rings. The summed E-state index contributed by atoms with van der Waals surface area (Å²) in [4.78, 5) is 0. The van der Waals surface area contributed by atoms with Crippen molar-refractivity contribution in [2.24, 2.45) is 0 Å². The first-order valence-corrected chi connectivity index (χ1v) is 19.0. The van der Waals surface area contributed by atoms with Crippen molar-refractivity contribution >= 4 is 75.1 Å². The highest BCUT2D eigenvalue weighted by Crippen LogP contribution is 2.62. The van der Waals surface area contributed by atoms with E-state index in [4.69, 9.17) is 4.74 Å². The third kappa shape index (κ3) is 3.32. The molecule has 0 saturated heterocycles. The van der Waals surface area contributed by atoms with Gasteiger partial charge in [-0.2, -0.15) is 0 Å². The summed E-state index contributed by atoms with van der Waals surface area (Å²) in [5.74, 6) is 1.82. The summed E-state index contributed by atoms with van der Waals surface area (Å²) in [6, 6.07) is 62.6. The number of hydrogen-bond acceptors (Lipinski definition) is 2. The number of fused-ring (bicyclic) bond motifs is 18. The van der Waals surface area contributed by atoms with Crippen molar-refractivity contribution in [2.45, 2.75) is 5.41 Å². The normalized spacial score (nSPS) is 15.8. The van der Waals surface area contributed by atoms with E-state index in [1.54, 1.807) is 0 Å². The van der Waals surface area contributed by atoms with Gasteiger partial charge in [0.05, 0.1) is 38.6 Å². The second-order valence-electron chi connectivity index (χ2n) is 14.4. The van der Waals surface area contributed by atoms with Crippen molar-refractivity contribution < 1.29 is 4.74 Å². The quantitative estimate of drug-likeness (QED) is 0.168. The van der Waals surface area contributed by atoms with E-state index in [1.165, 1.54) is 75.3 Å². The minimum absolute atomic E-state index is 0.615. The van der Waals surface area contributed by atoms with E-state index in [2.05, 4.69) is 179 Å². The molecule has 0 fully saturated rings. The maximum Gasteiger partial charge on any atom is 0.142 e. The van der Waals surface area contributed by atoms with Gasteiger partial charge in [-0.15, -0.1) is 11.3 Å². The van der Waals surface area contributed by atoms with Crippen LogP contribution in [0.3, 0.4) is 0 Å². The summed E-state index contributed by atoms with van der Waals surface area (Å²) in [5.41, 5.74) is 11.4. The number of para-hydroxylation sites is 5. The largest absolute Gasteiger partial charge is 0.456 e. The summed E-state index contributed by atoms with van der Waals surface area (Å²) in [5, 5.41) is 7.45. The number of hydrogen-bond donors (Lipinski definition) is 0. The predicted octanol–water partition coefficient (Wildman–Crippen LogP) is 13.1. The lowest BCUT2D eigenvalue weighted by Gasteiger charge is -2.45. The van der Waals surface area contributed by atoms with Crippen LogP contribution in [0.15, 0.2) is 170 Å². The van der Waals surface area contributed by atoms with Gasteiger partial charge >= 0.3 is 0 Å². The van der Waals surface area contributed by atoms with Crippen LogP contribution >= 0.6 is 11.3 Å². The van der Waals surface area contributed by atoms with E-state index in [-0.39, 0.29) is 0 Å². The standard InChI is InChI=1S/C49H28N2OS/c1-6-19-39-30(12-1)32-15-11-18-37-47(32)51(39)41-21-8-4-16-35(41)49(37)36-17-5-9-22-43(36)52-48-38(49)25-26-42-46(48)33-14-2-7-20-40(33)50(42)29-24-27-45-34(28-29)31-13-3-10-23-44(31)53-45/h1-28H. The fourth-order valence-corrected chi connectivity index (χ4v) is 11.1. The maximum atomic E-state index is 7.23. The molecule has 0 bridgehead atoms. The second-order valence-corrected chi connectivity index (χ2v) is 15.5. The highest BCUT2D eigenvalue weighted by Gasteiger charge is 2.50. The van der Waals surface area contributed by atoms with Gasteiger partial charge in [-0.3, -0.25) is 0 Å². The average Bonchev–Trinajstić information content (AvgIpc) is 3.88.